The summed E-state index contributed by atoms with van der Waals surface area (Å²) < 4.78 is 0. The molecule has 1 unspecified atom stereocenters. The zero-order valence-corrected chi connectivity index (χ0v) is 12.5. The molecule has 1 fully saturated rings. The van der Waals surface area contributed by atoms with Gasteiger partial charge in [-0.25, -0.2) is 0 Å². The number of halogens is 1. The van der Waals surface area contributed by atoms with Crippen molar-refractivity contribution in [3.63, 3.8) is 0 Å². The maximum atomic E-state index is 12.5. The lowest BCUT2D eigenvalue weighted by atomic mass is 9.96. The number of carbonyl (C=O) groups excluding carboxylic acids is 1. The molecule has 21 heavy (non-hydrogen) atoms. The maximum absolute atomic E-state index is 12.5. The second kappa shape index (κ2) is 6.28. The van der Waals surface area contributed by atoms with Gasteiger partial charge in [0.05, 0.1) is 0 Å². The van der Waals surface area contributed by atoms with E-state index in [1.165, 1.54) is 5.56 Å². The van der Waals surface area contributed by atoms with Gasteiger partial charge in [0.2, 0.25) is 0 Å². The molecule has 106 valence electrons. The van der Waals surface area contributed by atoms with Crippen LogP contribution < -0.4 is 0 Å². The number of carbonyl (C=O) groups is 1. The number of hydrogen-bond acceptors (Lipinski definition) is 1. The zero-order valence-electron chi connectivity index (χ0n) is 11.8. The molecule has 1 saturated carbocycles. The van der Waals surface area contributed by atoms with Crippen LogP contribution in [0.5, 0.6) is 0 Å². The summed E-state index contributed by atoms with van der Waals surface area (Å²) in [5.41, 5.74) is 3.24. The summed E-state index contributed by atoms with van der Waals surface area (Å²) in [4.78, 5) is 12.5. The average molecular weight is 297 g/mol. The molecule has 0 radical (unpaired) electrons. The van der Waals surface area contributed by atoms with Gasteiger partial charge in [0, 0.05) is 10.9 Å². The van der Waals surface area contributed by atoms with Gasteiger partial charge in [-0.1, -0.05) is 54.1 Å². The number of allylic oxidation sites excluding steroid dienone is 1. The van der Waals surface area contributed by atoms with Crippen molar-refractivity contribution in [3.05, 3.63) is 76.3 Å². The molecule has 2 heteroatoms. The Morgan fingerprint density at radius 2 is 1.76 bits per heavy atom. The van der Waals surface area contributed by atoms with Gasteiger partial charge in [-0.15, -0.1) is 0 Å². The molecule has 0 heterocycles. The maximum Gasteiger partial charge on any atom is 0.162 e. The molecular weight excluding hydrogens is 280 g/mol. The fourth-order valence-electron chi connectivity index (χ4n) is 2.84. The first-order chi connectivity index (χ1) is 10.2. The second-order valence-electron chi connectivity index (χ2n) is 5.51. The first-order valence-corrected chi connectivity index (χ1v) is 7.64. The average Bonchev–Trinajstić information content (AvgIpc) is 2.84. The van der Waals surface area contributed by atoms with E-state index in [0.29, 0.717) is 5.78 Å². The molecular formula is C19H17ClO. The summed E-state index contributed by atoms with van der Waals surface area (Å²) >= 11 is 5.89. The predicted octanol–water partition coefficient (Wildman–Crippen LogP) is 4.95. The molecule has 1 nitrogen and oxygen atoms in total. The lowest BCUT2D eigenvalue weighted by Gasteiger charge is -2.07. The summed E-state index contributed by atoms with van der Waals surface area (Å²) in [6.45, 7) is 0. The third kappa shape index (κ3) is 3.43. The number of hydrogen-bond donors (Lipinski definition) is 0. The second-order valence-corrected chi connectivity index (χ2v) is 5.95. The Kier molecular flexibility index (Phi) is 4.21. The van der Waals surface area contributed by atoms with Gasteiger partial charge in [-0.05, 0) is 54.2 Å². The molecule has 0 saturated heterocycles. The number of rotatable bonds is 3. The first-order valence-electron chi connectivity index (χ1n) is 7.26. The van der Waals surface area contributed by atoms with E-state index in [1.807, 2.05) is 60.7 Å². The van der Waals surface area contributed by atoms with E-state index >= 15 is 0 Å². The van der Waals surface area contributed by atoms with Crippen molar-refractivity contribution in [2.24, 2.45) is 5.92 Å². The molecule has 0 aliphatic heterocycles. The quantitative estimate of drug-likeness (QED) is 0.733. The smallest absolute Gasteiger partial charge is 0.162 e. The molecule has 0 bridgehead atoms. The van der Waals surface area contributed by atoms with Crippen LogP contribution in [0.15, 0.2) is 60.2 Å². The van der Waals surface area contributed by atoms with Gasteiger partial charge in [-0.2, -0.15) is 0 Å². The van der Waals surface area contributed by atoms with Gasteiger partial charge in [0.25, 0.3) is 0 Å². The lowest BCUT2D eigenvalue weighted by molar-refractivity contribution is -0.117. The molecule has 3 rings (SSSR count). The van der Waals surface area contributed by atoms with Crippen LogP contribution >= 0.6 is 11.6 Å². The third-order valence-electron chi connectivity index (χ3n) is 3.99. The van der Waals surface area contributed by atoms with Crippen molar-refractivity contribution in [2.45, 2.75) is 19.3 Å². The van der Waals surface area contributed by atoms with Crippen LogP contribution in [0.4, 0.5) is 0 Å². The largest absolute Gasteiger partial charge is 0.294 e. The van der Waals surface area contributed by atoms with Crippen LogP contribution in [0.2, 0.25) is 5.02 Å². The summed E-state index contributed by atoms with van der Waals surface area (Å²) in [6, 6.07) is 17.8. The van der Waals surface area contributed by atoms with Gasteiger partial charge < -0.3 is 0 Å². The number of Topliss-reactive ketones (excluding diaryl/α,β-unsaturated/α-hetero) is 1. The summed E-state index contributed by atoms with van der Waals surface area (Å²) in [5, 5.41) is 0.737. The molecule has 0 amide bonds. The first kappa shape index (κ1) is 14.1. The zero-order chi connectivity index (χ0) is 14.7. The van der Waals surface area contributed by atoms with Crippen LogP contribution in [0.3, 0.4) is 0 Å². The monoisotopic (exact) mass is 296 g/mol. The normalized spacial score (nSPS) is 20.1. The SMILES string of the molecule is O=C1C(=Cc2ccccc2)CCC1Cc1ccc(Cl)cc1. The van der Waals surface area contributed by atoms with Crippen molar-refractivity contribution in [1.82, 2.24) is 0 Å². The van der Waals surface area contributed by atoms with Crippen LogP contribution in [-0.2, 0) is 11.2 Å². The van der Waals surface area contributed by atoms with E-state index < -0.39 is 0 Å². The lowest BCUT2D eigenvalue weighted by Crippen LogP contribution is -2.10. The van der Waals surface area contributed by atoms with Crippen LogP contribution in [0.1, 0.15) is 24.0 Å². The Hall–Kier alpha value is -1.86. The van der Waals surface area contributed by atoms with Crippen molar-refractivity contribution >= 4 is 23.5 Å². The van der Waals surface area contributed by atoms with Gasteiger partial charge >= 0.3 is 0 Å². The molecule has 0 aromatic heterocycles. The minimum absolute atomic E-state index is 0.112. The Morgan fingerprint density at radius 1 is 1.05 bits per heavy atom. The van der Waals surface area contributed by atoms with Crippen molar-refractivity contribution in [3.8, 4) is 0 Å². The van der Waals surface area contributed by atoms with Gasteiger partial charge in [-0.3, -0.25) is 4.79 Å². The van der Waals surface area contributed by atoms with E-state index in [0.717, 1.165) is 35.4 Å². The van der Waals surface area contributed by atoms with Crippen LogP contribution in [0.25, 0.3) is 6.08 Å². The van der Waals surface area contributed by atoms with E-state index in [1.54, 1.807) is 0 Å². The molecule has 0 N–H and O–H groups in total. The molecule has 1 atom stereocenters. The van der Waals surface area contributed by atoms with Crippen LogP contribution in [-0.4, -0.2) is 5.78 Å². The third-order valence-corrected chi connectivity index (χ3v) is 4.24. The molecule has 2 aromatic rings. The highest BCUT2D eigenvalue weighted by molar-refractivity contribution is 6.30. The minimum Gasteiger partial charge on any atom is -0.294 e. The highest BCUT2D eigenvalue weighted by Gasteiger charge is 2.29. The van der Waals surface area contributed by atoms with Gasteiger partial charge in [0.1, 0.15) is 0 Å². The highest BCUT2D eigenvalue weighted by Crippen LogP contribution is 2.31. The van der Waals surface area contributed by atoms with Crippen LogP contribution in [0, 0.1) is 5.92 Å². The Morgan fingerprint density at radius 3 is 2.48 bits per heavy atom. The summed E-state index contributed by atoms with van der Waals surface area (Å²) in [6.07, 6.45) is 4.67. The molecule has 1 aliphatic rings. The summed E-state index contributed by atoms with van der Waals surface area (Å²) in [5.74, 6) is 0.412. The van der Waals surface area contributed by atoms with Crippen molar-refractivity contribution in [1.29, 1.82) is 0 Å². The van der Waals surface area contributed by atoms with Crippen molar-refractivity contribution in [2.75, 3.05) is 0 Å². The fourth-order valence-corrected chi connectivity index (χ4v) is 2.97. The number of benzene rings is 2. The standard InChI is InChI=1S/C19H17ClO/c20-18-10-6-15(7-11-18)13-17-9-8-16(19(17)21)12-14-4-2-1-3-5-14/h1-7,10-12,17H,8-9,13H2. The predicted molar refractivity (Wildman–Crippen MR) is 87.3 cm³/mol. The van der Waals surface area contributed by atoms with Gasteiger partial charge in [0.15, 0.2) is 5.78 Å². The van der Waals surface area contributed by atoms with E-state index in [9.17, 15) is 4.79 Å². The van der Waals surface area contributed by atoms with E-state index in [-0.39, 0.29) is 5.92 Å². The summed E-state index contributed by atoms with van der Waals surface area (Å²) in [7, 11) is 0. The minimum atomic E-state index is 0.112. The fraction of sp³-hybridized carbons (Fsp3) is 0.211. The molecule has 2 aromatic carbocycles. The number of ketones is 1. The van der Waals surface area contributed by atoms with Crippen molar-refractivity contribution < 1.29 is 4.79 Å². The van der Waals surface area contributed by atoms with E-state index in [2.05, 4.69) is 0 Å². The molecule has 1 aliphatic carbocycles. The Balaban J connectivity index is 1.72. The topological polar surface area (TPSA) is 17.1 Å². The Bertz CT molecular complexity index is 656. The van der Waals surface area contributed by atoms with E-state index in [4.69, 9.17) is 11.6 Å². The molecule has 0 spiro atoms. The Labute approximate surface area is 130 Å². The highest BCUT2D eigenvalue weighted by atomic mass is 35.5.